The molecule has 42 heavy (non-hydrogen) atoms. The second-order valence-corrected chi connectivity index (χ2v) is 12.5. The lowest BCUT2D eigenvalue weighted by Crippen LogP contribution is -2.57. The summed E-state index contributed by atoms with van der Waals surface area (Å²) in [6.07, 6.45) is 1.39. The number of fused-ring (bicyclic) bond motifs is 1. The molecule has 3 aromatic carbocycles. The van der Waals surface area contributed by atoms with Gasteiger partial charge in [-0.25, -0.2) is 0 Å². The molecule has 2 amide bonds. The maximum Gasteiger partial charge on any atom is 0.298 e. The van der Waals surface area contributed by atoms with Crippen LogP contribution in [0.1, 0.15) is 44.5 Å². The Balaban J connectivity index is 1.41. The van der Waals surface area contributed by atoms with Crippen molar-refractivity contribution >= 4 is 33.4 Å². The third-order valence-electron chi connectivity index (χ3n) is 6.97. The number of rotatable bonds is 8. The average molecular weight is 588 g/mol. The van der Waals surface area contributed by atoms with Crippen LogP contribution in [0.4, 0.5) is 20.2 Å². The maximum absolute atomic E-state index is 15.1. The number of ether oxygens (including phenoxy) is 1. The van der Waals surface area contributed by atoms with Gasteiger partial charge in [0.2, 0.25) is 0 Å². The Morgan fingerprint density at radius 1 is 1.17 bits per heavy atom. The molecule has 1 aliphatic rings. The van der Waals surface area contributed by atoms with Crippen LogP contribution in [0.5, 0.6) is 5.75 Å². The van der Waals surface area contributed by atoms with Gasteiger partial charge in [-0.3, -0.25) is 14.3 Å². The summed E-state index contributed by atoms with van der Waals surface area (Å²) < 4.78 is 37.1. The molecule has 0 saturated carbocycles. The molecule has 0 aliphatic carbocycles. The minimum Gasteiger partial charge on any atom is -0.490 e. The zero-order chi connectivity index (χ0) is 30.1. The van der Waals surface area contributed by atoms with Crippen LogP contribution in [0.25, 0.3) is 0 Å². The number of halogens is 2. The van der Waals surface area contributed by atoms with Gasteiger partial charge in [-0.05, 0) is 37.3 Å². The van der Waals surface area contributed by atoms with Gasteiger partial charge in [0.25, 0.3) is 17.7 Å². The van der Waals surface area contributed by atoms with E-state index >= 15 is 8.78 Å². The first-order chi connectivity index (χ1) is 20.1. The number of anilines is 2. The monoisotopic (exact) mass is 587 g/mol. The Morgan fingerprint density at radius 2 is 1.86 bits per heavy atom. The molecule has 0 radical (unpaired) electrons. The predicted octanol–water partition coefficient (Wildman–Crippen LogP) is 3.26. The molecular formula is C30H27F2N5O4Si. The molecule has 9 nitrogen and oxygen atoms in total. The maximum atomic E-state index is 15.1. The molecule has 214 valence electrons. The Bertz CT molecular complexity index is 1680. The van der Waals surface area contributed by atoms with Gasteiger partial charge in [0.1, 0.15) is 24.1 Å². The minimum atomic E-state index is -3.21. The van der Waals surface area contributed by atoms with E-state index in [4.69, 9.17) is 9.84 Å². The number of carbonyl (C=O) groups is 2. The summed E-state index contributed by atoms with van der Waals surface area (Å²) in [5.41, 5.74) is 0.732. The Hall–Kier alpha value is -4.86. The number of benzene rings is 3. The molecule has 2 N–H and O–H groups in total. The zero-order valence-electron chi connectivity index (χ0n) is 22.8. The zero-order valence-corrected chi connectivity index (χ0v) is 24.8. The molecule has 4 aromatic rings. The first-order valence-corrected chi connectivity index (χ1v) is 14.1. The number of aromatic nitrogens is 2. The van der Waals surface area contributed by atoms with Crippen molar-refractivity contribution < 1.29 is 28.2 Å². The van der Waals surface area contributed by atoms with Gasteiger partial charge in [0.05, 0.1) is 30.6 Å². The standard InChI is InChI=1S/C30H27F2N5O4Si/c1-29(42)18-36-26(24(17-34-36)35-27(39)19-7-12-25(41-14-13-38)20(15-19)16-33)28(40)37(29)23-10-8-22(9-11-23)30(31,32)21-5-3-2-4-6-21/h2-12,15,17,38H,13-14,18H2,1,42H3,(H,35,39)/t29-/m0/s1. The third kappa shape index (κ3) is 5.27. The van der Waals surface area contributed by atoms with Crippen LogP contribution in [0, 0.1) is 11.3 Å². The molecule has 0 saturated heterocycles. The van der Waals surface area contributed by atoms with E-state index in [0.717, 1.165) is 0 Å². The van der Waals surface area contributed by atoms with Gasteiger partial charge in [-0.15, -0.1) is 0 Å². The van der Waals surface area contributed by atoms with E-state index in [9.17, 15) is 14.9 Å². The number of hydrogen-bond donors (Lipinski definition) is 2. The van der Waals surface area contributed by atoms with Crippen molar-refractivity contribution in [1.82, 2.24) is 9.78 Å². The molecule has 2 heterocycles. The minimum absolute atomic E-state index is 0.00122. The van der Waals surface area contributed by atoms with Gasteiger partial charge < -0.3 is 20.1 Å². The molecule has 1 aromatic heterocycles. The first-order valence-electron chi connectivity index (χ1n) is 13.1. The largest absolute Gasteiger partial charge is 0.490 e. The number of hydrogen-bond acceptors (Lipinski definition) is 6. The van der Waals surface area contributed by atoms with E-state index in [0.29, 0.717) is 22.5 Å². The van der Waals surface area contributed by atoms with Crippen LogP contribution in [-0.4, -0.2) is 55.3 Å². The van der Waals surface area contributed by atoms with E-state index < -0.39 is 22.9 Å². The van der Waals surface area contributed by atoms with Crippen molar-refractivity contribution in [3.8, 4) is 11.8 Å². The number of carbonyl (C=O) groups excluding carboxylic acids is 2. The van der Waals surface area contributed by atoms with Crippen molar-refractivity contribution in [2.45, 2.75) is 24.6 Å². The van der Waals surface area contributed by atoms with E-state index in [-0.39, 0.29) is 52.6 Å². The number of aliphatic hydroxyl groups is 1. The SMILES string of the molecule is C[C@]1([SiH3])Cn2ncc(NC(=O)c3ccc(OCCO)c(C#N)c3)c2C(=O)N1c1ccc(C(F)(F)c2ccccc2)cc1. The summed E-state index contributed by atoms with van der Waals surface area (Å²) in [6, 6.07) is 19.4. The number of alkyl halides is 2. The summed E-state index contributed by atoms with van der Waals surface area (Å²) in [5.74, 6) is -3.97. The quantitative estimate of drug-likeness (QED) is 0.306. The molecular weight excluding hydrogens is 560 g/mol. The topological polar surface area (TPSA) is 120 Å². The second kappa shape index (κ2) is 11.2. The van der Waals surface area contributed by atoms with Gasteiger partial charge >= 0.3 is 0 Å². The number of nitrogens with zero attached hydrogens (tertiary/aromatic N) is 4. The number of amides is 2. The van der Waals surface area contributed by atoms with Crippen LogP contribution in [0.3, 0.4) is 0 Å². The van der Waals surface area contributed by atoms with Crippen LogP contribution in [-0.2, 0) is 12.5 Å². The second-order valence-electron chi connectivity index (χ2n) is 10.4. The highest BCUT2D eigenvalue weighted by Gasteiger charge is 2.42. The lowest BCUT2D eigenvalue weighted by atomic mass is 9.99. The fourth-order valence-electron chi connectivity index (χ4n) is 4.98. The van der Waals surface area contributed by atoms with E-state index in [1.54, 1.807) is 23.1 Å². The summed E-state index contributed by atoms with van der Waals surface area (Å²) in [7, 11) is 0.540. The van der Waals surface area contributed by atoms with E-state index in [1.165, 1.54) is 65.5 Å². The normalized spacial score (nSPS) is 16.5. The summed E-state index contributed by atoms with van der Waals surface area (Å²) in [5, 5.41) is 24.8. The molecule has 0 fully saturated rings. The number of nitrogens with one attached hydrogen (secondary N) is 1. The number of nitriles is 1. The lowest BCUT2D eigenvalue weighted by molar-refractivity contribution is 0.0428. The van der Waals surface area contributed by atoms with Crippen molar-refractivity contribution in [3.05, 3.63) is 107 Å². The van der Waals surface area contributed by atoms with E-state index in [2.05, 4.69) is 10.4 Å². The Morgan fingerprint density at radius 3 is 2.52 bits per heavy atom. The number of aliphatic hydroxyl groups excluding tert-OH is 1. The summed E-state index contributed by atoms with van der Waals surface area (Å²) >= 11 is 0. The Labute approximate surface area is 243 Å². The highest BCUT2D eigenvalue weighted by atomic mass is 28.1. The molecule has 0 spiro atoms. The molecule has 12 heteroatoms. The summed E-state index contributed by atoms with van der Waals surface area (Å²) in [4.78, 5) is 28.6. The van der Waals surface area contributed by atoms with E-state index in [1.807, 2.05) is 13.0 Å². The first kappa shape index (κ1) is 28.7. The average Bonchev–Trinajstić information content (AvgIpc) is 3.37. The van der Waals surface area contributed by atoms with Gasteiger partial charge in [0.15, 0.2) is 0 Å². The Kier molecular flexibility index (Phi) is 7.64. The fourth-order valence-corrected chi connectivity index (χ4v) is 5.74. The molecule has 1 aliphatic heterocycles. The van der Waals surface area contributed by atoms with Crippen LogP contribution in [0.2, 0.25) is 0 Å². The van der Waals surface area contributed by atoms with Crippen molar-refractivity contribution in [2.24, 2.45) is 0 Å². The van der Waals surface area contributed by atoms with Crippen LogP contribution >= 0.6 is 0 Å². The predicted molar refractivity (Wildman–Crippen MR) is 155 cm³/mol. The van der Waals surface area contributed by atoms with Crippen LogP contribution in [0.15, 0.2) is 79.0 Å². The fraction of sp³-hybridized carbons (Fsp3) is 0.200. The molecule has 0 unspecified atom stereocenters. The van der Waals surface area contributed by atoms with Gasteiger partial charge in [0, 0.05) is 37.8 Å². The lowest BCUT2D eigenvalue weighted by Gasteiger charge is -2.42. The van der Waals surface area contributed by atoms with Crippen molar-refractivity contribution in [2.75, 3.05) is 23.4 Å². The molecule has 5 rings (SSSR count). The highest BCUT2D eigenvalue weighted by molar-refractivity contribution is 6.24. The smallest absolute Gasteiger partial charge is 0.298 e. The molecule has 0 bridgehead atoms. The van der Waals surface area contributed by atoms with Gasteiger partial charge in [-0.2, -0.15) is 19.1 Å². The molecule has 1 atom stereocenters. The third-order valence-corrected chi connectivity index (χ3v) is 7.73. The van der Waals surface area contributed by atoms with Crippen molar-refractivity contribution in [3.63, 3.8) is 0 Å². The van der Waals surface area contributed by atoms with Crippen molar-refractivity contribution in [1.29, 1.82) is 5.26 Å². The van der Waals surface area contributed by atoms with Gasteiger partial charge in [-0.1, -0.05) is 42.5 Å². The van der Waals surface area contributed by atoms with Crippen LogP contribution < -0.4 is 15.0 Å². The highest BCUT2D eigenvalue weighted by Crippen LogP contribution is 2.38. The summed E-state index contributed by atoms with van der Waals surface area (Å²) in [6.45, 7) is 2.01.